The smallest absolute Gasteiger partial charge is 0.0590 e. The number of anilines is 1. The van der Waals surface area contributed by atoms with E-state index in [-0.39, 0.29) is 0 Å². The van der Waals surface area contributed by atoms with Gasteiger partial charge in [-0.25, -0.2) is 0 Å². The van der Waals surface area contributed by atoms with Crippen LogP contribution in [0.2, 0.25) is 0 Å². The SMILES string of the molecule is COC1CCCC(Nc2ccc(Br)cc2)C1. The fraction of sp³-hybridized carbons (Fsp3) is 0.538. The highest BCUT2D eigenvalue weighted by Crippen LogP contribution is 2.24. The molecule has 16 heavy (non-hydrogen) atoms. The summed E-state index contributed by atoms with van der Waals surface area (Å²) in [6.45, 7) is 0. The third kappa shape index (κ3) is 3.22. The Morgan fingerprint density at radius 3 is 2.69 bits per heavy atom. The summed E-state index contributed by atoms with van der Waals surface area (Å²) in [7, 11) is 1.81. The van der Waals surface area contributed by atoms with Crippen molar-refractivity contribution < 1.29 is 4.74 Å². The van der Waals surface area contributed by atoms with Crippen LogP contribution in [0.1, 0.15) is 25.7 Å². The number of rotatable bonds is 3. The predicted molar refractivity (Wildman–Crippen MR) is 70.8 cm³/mol. The van der Waals surface area contributed by atoms with Gasteiger partial charge in [0.05, 0.1) is 6.10 Å². The second kappa shape index (κ2) is 5.69. The molecule has 2 rings (SSSR count). The molecule has 1 aliphatic carbocycles. The average Bonchev–Trinajstić information content (AvgIpc) is 2.32. The van der Waals surface area contributed by atoms with Crippen molar-refractivity contribution in [2.45, 2.75) is 37.8 Å². The van der Waals surface area contributed by atoms with Crippen LogP contribution < -0.4 is 5.32 Å². The Hall–Kier alpha value is -0.540. The Labute approximate surface area is 106 Å². The Balaban J connectivity index is 1.91. The van der Waals surface area contributed by atoms with E-state index in [1.165, 1.54) is 24.9 Å². The largest absolute Gasteiger partial charge is 0.382 e. The number of methoxy groups -OCH3 is 1. The standard InChI is InChI=1S/C13H18BrNO/c1-16-13-4-2-3-12(9-13)15-11-7-5-10(14)6-8-11/h5-8,12-13,15H,2-4,9H2,1H3. The summed E-state index contributed by atoms with van der Waals surface area (Å²) in [5.41, 5.74) is 1.20. The van der Waals surface area contributed by atoms with Crippen LogP contribution in [0.3, 0.4) is 0 Å². The van der Waals surface area contributed by atoms with Crippen molar-refractivity contribution in [1.29, 1.82) is 0 Å². The summed E-state index contributed by atoms with van der Waals surface area (Å²) in [5, 5.41) is 3.57. The Morgan fingerprint density at radius 1 is 1.25 bits per heavy atom. The zero-order chi connectivity index (χ0) is 11.4. The van der Waals surface area contributed by atoms with Crippen LogP contribution in [0.4, 0.5) is 5.69 Å². The summed E-state index contributed by atoms with van der Waals surface area (Å²) < 4.78 is 6.55. The van der Waals surface area contributed by atoms with E-state index in [0.717, 1.165) is 10.9 Å². The minimum absolute atomic E-state index is 0.432. The van der Waals surface area contributed by atoms with E-state index >= 15 is 0 Å². The highest BCUT2D eigenvalue weighted by Gasteiger charge is 2.21. The molecule has 1 saturated carbocycles. The lowest BCUT2D eigenvalue weighted by molar-refractivity contribution is 0.0669. The van der Waals surface area contributed by atoms with Crippen molar-refractivity contribution in [2.24, 2.45) is 0 Å². The first kappa shape index (κ1) is 11.9. The van der Waals surface area contributed by atoms with Gasteiger partial charge in [-0.2, -0.15) is 0 Å². The summed E-state index contributed by atoms with van der Waals surface area (Å²) >= 11 is 3.44. The molecule has 1 aromatic rings. The lowest BCUT2D eigenvalue weighted by Gasteiger charge is -2.29. The molecule has 3 heteroatoms. The van der Waals surface area contributed by atoms with Crippen LogP contribution >= 0.6 is 15.9 Å². The first-order valence-electron chi connectivity index (χ1n) is 5.83. The molecule has 0 saturated heterocycles. The van der Waals surface area contributed by atoms with Gasteiger partial charge < -0.3 is 10.1 Å². The molecule has 1 N–H and O–H groups in total. The van der Waals surface area contributed by atoms with E-state index in [2.05, 4.69) is 45.5 Å². The molecular formula is C13H18BrNO. The molecule has 0 spiro atoms. The molecule has 88 valence electrons. The summed E-state index contributed by atoms with van der Waals surface area (Å²) in [5.74, 6) is 0. The monoisotopic (exact) mass is 283 g/mol. The van der Waals surface area contributed by atoms with E-state index in [1.807, 2.05) is 7.11 Å². The van der Waals surface area contributed by atoms with E-state index in [9.17, 15) is 0 Å². The number of benzene rings is 1. The quantitative estimate of drug-likeness (QED) is 0.911. The van der Waals surface area contributed by atoms with E-state index in [0.29, 0.717) is 12.1 Å². The highest BCUT2D eigenvalue weighted by molar-refractivity contribution is 9.10. The van der Waals surface area contributed by atoms with Crippen molar-refractivity contribution in [3.8, 4) is 0 Å². The maximum absolute atomic E-state index is 5.43. The maximum Gasteiger partial charge on any atom is 0.0590 e. The molecule has 2 unspecified atom stereocenters. The predicted octanol–water partition coefficient (Wildman–Crippen LogP) is 3.82. The lowest BCUT2D eigenvalue weighted by atomic mass is 9.92. The van der Waals surface area contributed by atoms with Gasteiger partial charge in [0.25, 0.3) is 0 Å². The minimum Gasteiger partial charge on any atom is -0.382 e. The average molecular weight is 284 g/mol. The Kier molecular flexibility index (Phi) is 4.24. The molecule has 0 heterocycles. The van der Waals surface area contributed by atoms with E-state index in [1.54, 1.807) is 0 Å². The summed E-state index contributed by atoms with van der Waals surface area (Å²) in [6.07, 6.45) is 5.26. The number of halogens is 1. The molecule has 1 aliphatic rings. The number of hydrogen-bond acceptors (Lipinski definition) is 2. The second-order valence-electron chi connectivity index (χ2n) is 4.37. The Morgan fingerprint density at radius 2 is 2.00 bits per heavy atom. The van der Waals surface area contributed by atoms with Crippen LogP contribution in [-0.4, -0.2) is 19.3 Å². The van der Waals surface area contributed by atoms with E-state index < -0.39 is 0 Å². The first-order chi connectivity index (χ1) is 7.78. The fourth-order valence-corrected chi connectivity index (χ4v) is 2.54. The first-order valence-corrected chi connectivity index (χ1v) is 6.62. The second-order valence-corrected chi connectivity index (χ2v) is 5.29. The van der Waals surface area contributed by atoms with Crippen LogP contribution in [-0.2, 0) is 4.74 Å². The van der Waals surface area contributed by atoms with Gasteiger partial charge in [-0.15, -0.1) is 0 Å². The molecule has 2 atom stereocenters. The third-order valence-corrected chi connectivity index (χ3v) is 3.70. The number of hydrogen-bond donors (Lipinski definition) is 1. The van der Waals surface area contributed by atoms with Gasteiger partial charge in [0.1, 0.15) is 0 Å². The van der Waals surface area contributed by atoms with Gasteiger partial charge in [0.15, 0.2) is 0 Å². The van der Waals surface area contributed by atoms with Crippen LogP contribution in [0.5, 0.6) is 0 Å². The van der Waals surface area contributed by atoms with Gasteiger partial charge in [-0.05, 0) is 49.9 Å². The van der Waals surface area contributed by atoms with Crippen molar-refractivity contribution in [3.63, 3.8) is 0 Å². The van der Waals surface area contributed by atoms with Gasteiger partial charge in [-0.1, -0.05) is 15.9 Å². The van der Waals surface area contributed by atoms with Crippen molar-refractivity contribution >= 4 is 21.6 Å². The highest BCUT2D eigenvalue weighted by atomic mass is 79.9. The zero-order valence-corrected chi connectivity index (χ0v) is 11.2. The van der Waals surface area contributed by atoms with Gasteiger partial charge in [-0.3, -0.25) is 0 Å². The van der Waals surface area contributed by atoms with Crippen LogP contribution in [0.15, 0.2) is 28.7 Å². The topological polar surface area (TPSA) is 21.3 Å². The van der Waals surface area contributed by atoms with Crippen LogP contribution in [0.25, 0.3) is 0 Å². The van der Waals surface area contributed by atoms with E-state index in [4.69, 9.17) is 4.74 Å². The molecule has 0 radical (unpaired) electrons. The molecule has 1 fully saturated rings. The maximum atomic E-state index is 5.43. The summed E-state index contributed by atoms with van der Waals surface area (Å²) in [6, 6.07) is 8.92. The third-order valence-electron chi connectivity index (χ3n) is 3.17. The molecule has 1 aromatic carbocycles. The van der Waals surface area contributed by atoms with Gasteiger partial charge in [0, 0.05) is 23.3 Å². The van der Waals surface area contributed by atoms with Gasteiger partial charge >= 0.3 is 0 Å². The summed E-state index contributed by atoms with van der Waals surface area (Å²) in [4.78, 5) is 0. The van der Waals surface area contributed by atoms with Crippen molar-refractivity contribution in [2.75, 3.05) is 12.4 Å². The van der Waals surface area contributed by atoms with Crippen LogP contribution in [0, 0.1) is 0 Å². The number of ether oxygens (including phenoxy) is 1. The van der Waals surface area contributed by atoms with Crippen molar-refractivity contribution in [3.05, 3.63) is 28.7 Å². The lowest BCUT2D eigenvalue weighted by Crippen LogP contribution is -2.30. The molecule has 0 bridgehead atoms. The minimum atomic E-state index is 0.432. The number of nitrogens with one attached hydrogen (secondary N) is 1. The molecular weight excluding hydrogens is 266 g/mol. The van der Waals surface area contributed by atoms with Gasteiger partial charge in [0.2, 0.25) is 0 Å². The van der Waals surface area contributed by atoms with Crippen molar-refractivity contribution in [1.82, 2.24) is 0 Å². The fourth-order valence-electron chi connectivity index (χ4n) is 2.27. The molecule has 0 aromatic heterocycles. The molecule has 0 aliphatic heterocycles. The Bertz CT molecular complexity index is 325. The normalized spacial score (nSPS) is 25.4. The molecule has 2 nitrogen and oxygen atoms in total. The molecule has 0 amide bonds. The zero-order valence-electron chi connectivity index (χ0n) is 9.58.